The van der Waals surface area contributed by atoms with Gasteiger partial charge in [0.25, 0.3) is 5.91 Å². The van der Waals surface area contributed by atoms with Crippen LogP contribution in [0.1, 0.15) is 40.3 Å². The van der Waals surface area contributed by atoms with Gasteiger partial charge in [0.2, 0.25) is 11.8 Å². The number of aryl methyl sites for hydroxylation is 1. The molecule has 0 spiro atoms. The zero-order valence-electron chi connectivity index (χ0n) is 21.2. The van der Waals surface area contributed by atoms with Gasteiger partial charge in [0.1, 0.15) is 12.3 Å². The summed E-state index contributed by atoms with van der Waals surface area (Å²) in [5.41, 5.74) is 4.43. The minimum absolute atomic E-state index is 0.0823. The summed E-state index contributed by atoms with van der Waals surface area (Å²) < 4.78 is 20.6. The molecule has 192 valence electrons. The molecule has 9 heteroatoms. The second-order valence-corrected chi connectivity index (χ2v) is 9.33. The van der Waals surface area contributed by atoms with E-state index in [1.165, 1.54) is 12.6 Å². The third-order valence-electron chi connectivity index (χ3n) is 6.98. The largest absolute Gasteiger partial charge is 0.471 e. The van der Waals surface area contributed by atoms with E-state index in [1.54, 1.807) is 12.1 Å². The number of carbonyl (C=O) groups is 1. The lowest BCUT2D eigenvalue weighted by Crippen LogP contribution is -2.49. The Kier molecular flexibility index (Phi) is 7.41. The highest BCUT2D eigenvalue weighted by Gasteiger charge is 2.28. The number of rotatable bonds is 7. The molecular formula is C28H31FN6O2. The predicted octanol–water partition coefficient (Wildman–Crippen LogP) is 3.63. The van der Waals surface area contributed by atoms with Gasteiger partial charge in [-0.05, 0) is 43.0 Å². The molecule has 1 aliphatic carbocycles. The monoisotopic (exact) mass is 502 g/mol. The second-order valence-electron chi connectivity index (χ2n) is 9.33. The summed E-state index contributed by atoms with van der Waals surface area (Å²) in [5, 5.41) is 2.47. The van der Waals surface area contributed by atoms with Crippen LogP contribution >= 0.6 is 0 Å². The molecule has 1 unspecified atom stereocenters. The molecule has 0 radical (unpaired) electrons. The van der Waals surface area contributed by atoms with E-state index in [4.69, 9.17) is 9.72 Å². The first-order valence-electron chi connectivity index (χ1n) is 12.6. The van der Waals surface area contributed by atoms with Gasteiger partial charge >= 0.3 is 0 Å². The number of hydrogen-bond acceptors (Lipinski definition) is 7. The van der Waals surface area contributed by atoms with Gasteiger partial charge in [-0.3, -0.25) is 14.7 Å². The summed E-state index contributed by atoms with van der Waals surface area (Å²) in [5.74, 6) is -0.439. The van der Waals surface area contributed by atoms with E-state index in [0.717, 1.165) is 42.9 Å². The predicted molar refractivity (Wildman–Crippen MR) is 140 cm³/mol. The zero-order chi connectivity index (χ0) is 25.8. The minimum atomic E-state index is -0.610. The lowest BCUT2D eigenvalue weighted by Gasteiger charge is -2.38. The zero-order valence-corrected chi connectivity index (χ0v) is 21.2. The highest BCUT2D eigenvalue weighted by molar-refractivity contribution is 5.92. The molecule has 0 saturated carbocycles. The number of benzene rings is 1. The van der Waals surface area contributed by atoms with Gasteiger partial charge in [-0.2, -0.15) is 4.39 Å². The van der Waals surface area contributed by atoms with Gasteiger partial charge in [-0.1, -0.05) is 36.4 Å². The fraction of sp³-hybridized carbons (Fsp3) is 0.357. The van der Waals surface area contributed by atoms with E-state index in [9.17, 15) is 9.18 Å². The maximum Gasteiger partial charge on any atom is 0.269 e. The van der Waals surface area contributed by atoms with E-state index in [0.29, 0.717) is 37.3 Å². The van der Waals surface area contributed by atoms with Crippen LogP contribution < -0.4 is 15.0 Å². The third kappa shape index (κ3) is 5.61. The second kappa shape index (κ2) is 11.0. The van der Waals surface area contributed by atoms with E-state index in [-0.39, 0.29) is 5.69 Å². The van der Waals surface area contributed by atoms with Crippen LogP contribution in [0.5, 0.6) is 5.88 Å². The van der Waals surface area contributed by atoms with Crippen molar-refractivity contribution < 1.29 is 13.9 Å². The number of hydrogen-bond donors (Lipinski definition) is 1. The van der Waals surface area contributed by atoms with Crippen molar-refractivity contribution in [2.24, 2.45) is 0 Å². The van der Waals surface area contributed by atoms with Crippen molar-refractivity contribution in [3.8, 4) is 5.88 Å². The lowest BCUT2D eigenvalue weighted by molar-refractivity contribution is 0.0957. The summed E-state index contributed by atoms with van der Waals surface area (Å²) in [6.07, 6.45) is 6.06. The van der Waals surface area contributed by atoms with Crippen LogP contribution in [-0.4, -0.2) is 65.0 Å². The molecule has 2 aromatic heterocycles. The Morgan fingerprint density at radius 1 is 1.11 bits per heavy atom. The highest BCUT2D eigenvalue weighted by atomic mass is 19.1. The molecule has 3 heterocycles. The summed E-state index contributed by atoms with van der Waals surface area (Å²) >= 11 is 0. The van der Waals surface area contributed by atoms with Crippen molar-refractivity contribution in [1.82, 2.24) is 25.2 Å². The molecule has 0 bridgehead atoms. The first-order valence-corrected chi connectivity index (χ1v) is 12.6. The van der Waals surface area contributed by atoms with Crippen LogP contribution in [0.15, 0.2) is 54.7 Å². The van der Waals surface area contributed by atoms with Gasteiger partial charge in [0.15, 0.2) is 0 Å². The van der Waals surface area contributed by atoms with Crippen molar-refractivity contribution in [1.29, 1.82) is 0 Å². The molecule has 1 fully saturated rings. The molecule has 1 amide bonds. The SMILES string of the molecule is CNC(=O)c1ccc(N2CCN(C3C=C(c4cnc(C)c(OCc5ccccc5)n4)CC3)CC2)c(F)n1. The molecule has 1 atom stereocenters. The van der Waals surface area contributed by atoms with Gasteiger partial charge in [0, 0.05) is 39.3 Å². The number of anilines is 1. The maximum absolute atomic E-state index is 14.6. The molecule has 2 aliphatic rings. The standard InChI is InChI=1S/C28H31FN6O2/c1-19-28(37-18-20-6-4-3-5-7-20)33-24(17-31-19)21-8-9-22(16-21)34-12-14-35(15-13-34)25-11-10-23(27(36)30-2)32-26(25)29/h3-7,10-11,16-17,22H,8-9,12-15,18H2,1-2H3,(H,30,36). The van der Waals surface area contributed by atoms with Crippen molar-refractivity contribution in [3.05, 3.63) is 83.3 Å². The van der Waals surface area contributed by atoms with Crippen molar-refractivity contribution in [2.75, 3.05) is 38.1 Å². The first kappa shape index (κ1) is 24.8. The fourth-order valence-corrected chi connectivity index (χ4v) is 4.87. The molecule has 37 heavy (non-hydrogen) atoms. The Morgan fingerprint density at radius 2 is 1.89 bits per heavy atom. The van der Waals surface area contributed by atoms with E-state index in [1.807, 2.05) is 48.4 Å². The number of carbonyl (C=O) groups excluding carboxylic acids is 1. The summed E-state index contributed by atoms with van der Waals surface area (Å²) in [4.78, 5) is 29.3. The third-order valence-corrected chi connectivity index (χ3v) is 6.98. The van der Waals surface area contributed by atoms with Crippen LogP contribution in [0.2, 0.25) is 0 Å². The molecular weight excluding hydrogens is 471 g/mol. The number of aromatic nitrogens is 3. The van der Waals surface area contributed by atoms with Crippen LogP contribution in [0.25, 0.3) is 5.57 Å². The topological polar surface area (TPSA) is 83.5 Å². The van der Waals surface area contributed by atoms with Gasteiger partial charge < -0.3 is 15.0 Å². The molecule has 3 aromatic rings. The van der Waals surface area contributed by atoms with Crippen LogP contribution in [0.3, 0.4) is 0 Å². The smallest absolute Gasteiger partial charge is 0.269 e. The Balaban J connectivity index is 1.21. The number of piperazine rings is 1. The normalized spacial score (nSPS) is 18.0. The molecule has 1 N–H and O–H groups in total. The Hall–Kier alpha value is -3.85. The number of halogens is 1. The highest BCUT2D eigenvalue weighted by Crippen LogP contribution is 2.32. The van der Waals surface area contributed by atoms with Gasteiger partial charge in [0.05, 0.1) is 23.3 Å². The summed E-state index contributed by atoms with van der Waals surface area (Å²) in [6.45, 7) is 5.38. The minimum Gasteiger partial charge on any atom is -0.471 e. The van der Waals surface area contributed by atoms with Crippen molar-refractivity contribution >= 4 is 17.2 Å². The average Bonchev–Trinajstić information content (AvgIpc) is 3.43. The number of allylic oxidation sites excluding steroid dienone is 1. The first-order chi connectivity index (χ1) is 18.0. The van der Waals surface area contributed by atoms with Crippen LogP contribution in [0.4, 0.5) is 10.1 Å². The van der Waals surface area contributed by atoms with Crippen molar-refractivity contribution in [2.45, 2.75) is 32.4 Å². The van der Waals surface area contributed by atoms with E-state index >= 15 is 0 Å². The van der Waals surface area contributed by atoms with Crippen LogP contribution in [-0.2, 0) is 6.61 Å². The number of nitrogens with one attached hydrogen (secondary N) is 1. The molecule has 1 aromatic carbocycles. The van der Waals surface area contributed by atoms with E-state index in [2.05, 4.69) is 26.3 Å². The fourth-order valence-electron chi connectivity index (χ4n) is 4.87. The van der Waals surface area contributed by atoms with Gasteiger partial charge in [-0.25, -0.2) is 9.97 Å². The maximum atomic E-state index is 14.6. The Bertz CT molecular complexity index is 1290. The Labute approximate surface area is 216 Å². The summed E-state index contributed by atoms with van der Waals surface area (Å²) in [6, 6.07) is 13.6. The van der Waals surface area contributed by atoms with Gasteiger partial charge in [-0.15, -0.1) is 0 Å². The Morgan fingerprint density at radius 3 is 2.62 bits per heavy atom. The molecule has 5 rings (SSSR count). The number of pyridine rings is 1. The molecule has 1 aliphatic heterocycles. The molecule has 1 saturated heterocycles. The quantitative estimate of drug-likeness (QED) is 0.494. The number of amides is 1. The number of ether oxygens (including phenoxy) is 1. The molecule has 8 nitrogen and oxygen atoms in total. The van der Waals surface area contributed by atoms with Crippen LogP contribution in [0, 0.1) is 12.9 Å². The summed E-state index contributed by atoms with van der Waals surface area (Å²) in [7, 11) is 1.50. The lowest BCUT2D eigenvalue weighted by atomic mass is 10.1. The number of nitrogens with zero attached hydrogens (tertiary/aromatic N) is 5. The van der Waals surface area contributed by atoms with E-state index < -0.39 is 11.9 Å². The average molecular weight is 503 g/mol. The van der Waals surface area contributed by atoms with Crippen molar-refractivity contribution in [3.63, 3.8) is 0 Å².